The summed E-state index contributed by atoms with van der Waals surface area (Å²) in [5.74, 6) is -0.336. The first kappa shape index (κ1) is 14.8. The quantitative estimate of drug-likeness (QED) is 0.381. The standard InChI is InChI=1S/C13H10N2O5S/c16-13(9-4-2-1-3-5-9)10-6-7-12(15(17)18)11(8-10)14-21(19)20/h1-8,14H,(H,19,20). The van der Waals surface area contributed by atoms with E-state index in [0.29, 0.717) is 5.56 Å². The smallest absolute Gasteiger partial charge is 0.289 e. The van der Waals surface area contributed by atoms with Gasteiger partial charge in [0.05, 0.1) is 4.92 Å². The summed E-state index contributed by atoms with van der Waals surface area (Å²) in [5.41, 5.74) is 0.0202. The largest absolute Gasteiger partial charge is 0.293 e. The maximum absolute atomic E-state index is 12.2. The number of hydrogen-bond donors (Lipinski definition) is 2. The molecule has 1 unspecified atom stereocenters. The highest BCUT2D eigenvalue weighted by atomic mass is 32.2. The number of hydrogen-bond acceptors (Lipinski definition) is 4. The molecular formula is C13H10N2O5S. The van der Waals surface area contributed by atoms with E-state index in [1.54, 1.807) is 30.3 Å². The zero-order valence-corrected chi connectivity index (χ0v) is 11.4. The Hall–Kier alpha value is -2.58. The molecule has 0 spiro atoms. The fourth-order valence-electron chi connectivity index (χ4n) is 1.77. The second-order valence-electron chi connectivity index (χ2n) is 4.04. The predicted octanol–water partition coefficient (Wildman–Crippen LogP) is 2.37. The lowest BCUT2D eigenvalue weighted by molar-refractivity contribution is -0.383. The molecule has 0 radical (unpaired) electrons. The fourth-order valence-corrected chi connectivity index (χ4v) is 2.12. The van der Waals surface area contributed by atoms with Crippen LogP contribution in [-0.2, 0) is 11.3 Å². The summed E-state index contributed by atoms with van der Waals surface area (Å²) in [6, 6.07) is 12.0. The third-order valence-electron chi connectivity index (χ3n) is 2.69. The van der Waals surface area contributed by atoms with Crippen LogP contribution in [0.2, 0.25) is 0 Å². The van der Waals surface area contributed by atoms with Crippen molar-refractivity contribution in [2.24, 2.45) is 0 Å². The van der Waals surface area contributed by atoms with Gasteiger partial charge < -0.3 is 0 Å². The third-order valence-corrected chi connectivity index (χ3v) is 3.08. The van der Waals surface area contributed by atoms with E-state index in [4.69, 9.17) is 4.55 Å². The summed E-state index contributed by atoms with van der Waals surface area (Å²) < 4.78 is 21.6. The van der Waals surface area contributed by atoms with Crippen LogP contribution in [0.4, 0.5) is 11.4 Å². The average Bonchev–Trinajstić information content (AvgIpc) is 2.46. The van der Waals surface area contributed by atoms with Crippen LogP contribution in [0.3, 0.4) is 0 Å². The number of nitrogens with one attached hydrogen (secondary N) is 1. The molecule has 7 nitrogen and oxygen atoms in total. The van der Waals surface area contributed by atoms with Crippen LogP contribution >= 0.6 is 0 Å². The van der Waals surface area contributed by atoms with Gasteiger partial charge in [0.1, 0.15) is 5.69 Å². The van der Waals surface area contributed by atoms with Crippen molar-refractivity contribution in [3.05, 3.63) is 69.8 Å². The summed E-state index contributed by atoms with van der Waals surface area (Å²) in [5, 5.41) is 10.9. The monoisotopic (exact) mass is 306 g/mol. The third kappa shape index (κ3) is 3.50. The molecule has 2 aromatic rings. The normalized spacial score (nSPS) is 11.7. The van der Waals surface area contributed by atoms with Gasteiger partial charge in [-0.05, 0) is 12.1 Å². The lowest BCUT2D eigenvalue weighted by Crippen LogP contribution is -2.07. The molecule has 0 aliphatic rings. The molecule has 0 fully saturated rings. The van der Waals surface area contributed by atoms with Gasteiger partial charge in [0.15, 0.2) is 5.78 Å². The molecule has 2 N–H and O–H groups in total. The lowest BCUT2D eigenvalue weighted by Gasteiger charge is -2.06. The first-order valence-corrected chi connectivity index (χ1v) is 6.85. The van der Waals surface area contributed by atoms with Gasteiger partial charge in [-0.1, -0.05) is 30.3 Å². The van der Waals surface area contributed by atoms with E-state index in [2.05, 4.69) is 0 Å². The Morgan fingerprint density at radius 2 is 1.81 bits per heavy atom. The van der Waals surface area contributed by atoms with Gasteiger partial charge in [-0.3, -0.25) is 24.2 Å². The molecule has 0 aromatic heterocycles. The average molecular weight is 306 g/mol. The van der Waals surface area contributed by atoms with Gasteiger partial charge in [-0.25, -0.2) is 4.21 Å². The first-order valence-electron chi connectivity index (χ1n) is 5.74. The molecule has 0 saturated carbocycles. The number of ketones is 1. The number of anilines is 1. The Kier molecular flexibility index (Phi) is 4.41. The topological polar surface area (TPSA) is 110 Å². The zero-order chi connectivity index (χ0) is 15.4. The van der Waals surface area contributed by atoms with Crippen molar-refractivity contribution in [1.29, 1.82) is 0 Å². The summed E-state index contributed by atoms with van der Waals surface area (Å²) in [6.07, 6.45) is 0. The summed E-state index contributed by atoms with van der Waals surface area (Å²) in [4.78, 5) is 22.4. The molecule has 2 aromatic carbocycles. The Labute approximate surface area is 122 Å². The summed E-state index contributed by atoms with van der Waals surface area (Å²) in [6.45, 7) is 0. The van der Waals surface area contributed by atoms with Crippen LogP contribution in [0, 0.1) is 10.1 Å². The predicted molar refractivity (Wildman–Crippen MR) is 77.4 cm³/mol. The van der Waals surface area contributed by atoms with Gasteiger partial charge in [0, 0.05) is 17.2 Å². The SMILES string of the molecule is O=C(c1ccccc1)c1ccc([N+](=O)[O-])c(NS(=O)O)c1. The molecule has 0 amide bonds. The van der Waals surface area contributed by atoms with Crippen LogP contribution in [0.1, 0.15) is 15.9 Å². The number of nitro groups is 1. The molecule has 2 rings (SSSR count). The number of nitrogens with zero attached hydrogens (tertiary/aromatic N) is 1. The van der Waals surface area contributed by atoms with Crippen molar-refractivity contribution >= 4 is 28.4 Å². The van der Waals surface area contributed by atoms with Crippen LogP contribution in [0.25, 0.3) is 0 Å². The van der Waals surface area contributed by atoms with Crippen LogP contribution in [0.5, 0.6) is 0 Å². The highest BCUT2D eigenvalue weighted by Crippen LogP contribution is 2.26. The number of carbonyl (C=O) groups is 1. The number of nitro benzene ring substituents is 1. The zero-order valence-electron chi connectivity index (χ0n) is 10.6. The Morgan fingerprint density at radius 3 is 2.38 bits per heavy atom. The van der Waals surface area contributed by atoms with Gasteiger partial charge in [0.25, 0.3) is 17.0 Å². The van der Waals surface area contributed by atoms with E-state index in [0.717, 1.165) is 6.07 Å². The Bertz CT molecular complexity index is 718. The molecule has 0 aliphatic carbocycles. The molecule has 0 saturated heterocycles. The molecule has 0 aliphatic heterocycles. The Balaban J connectivity index is 2.44. The van der Waals surface area contributed by atoms with Crippen molar-refractivity contribution < 1.29 is 18.5 Å². The van der Waals surface area contributed by atoms with Crippen molar-refractivity contribution in [1.82, 2.24) is 0 Å². The van der Waals surface area contributed by atoms with E-state index < -0.39 is 16.2 Å². The van der Waals surface area contributed by atoms with E-state index in [-0.39, 0.29) is 22.7 Å². The van der Waals surface area contributed by atoms with Gasteiger partial charge in [0.2, 0.25) is 0 Å². The number of benzene rings is 2. The highest BCUT2D eigenvalue weighted by molar-refractivity contribution is 7.80. The van der Waals surface area contributed by atoms with Gasteiger partial charge in [-0.15, -0.1) is 0 Å². The van der Waals surface area contributed by atoms with Crippen LogP contribution < -0.4 is 4.72 Å². The van der Waals surface area contributed by atoms with E-state index >= 15 is 0 Å². The minimum atomic E-state index is -2.48. The van der Waals surface area contributed by atoms with Crippen molar-refractivity contribution in [3.63, 3.8) is 0 Å². The van der Waals surface area contributed by atoms with Crippen LogP contribution in [-0.4, -0.2) is 19.5 Å². The van der Waals surface area contributed by atoms with Crippen molar-refractivity contribution in [2.75, 3.05) is 4.72 Å². The molecule has 1 atom stereocenters. The summed E-state index contributed by atoms with van der Waals surface area (Å²) >= 11 is -2.48. The van der Waals surface area contributed by atoms with E-state index in [1.807, 2.05) is 4.72 Å². The van der Waals surface area contributed by atoms with Crippen molar-refractivity contribution in [3.8, 4) is 0 Å². The van der Waals surface area contributed by atoms with Gasteiger partial charge in [-0.2, -0.15) is 0 Å². The maximum Gasteiger partial charge on any atom is 0.293 e. The molecule has 21 heavy (non-hydrogen) atoms. The molecule has 0 heterocycles. The Morgan fingerprint density at radius 1 is 1.14 bits per heavy atom. The molecular weight excluding hydrogens is 296 g/mol. The number of carbonyl (C=O) groups excluding carboxylic acids is 1. The first-order chi connectivity index (χ1) is 9.99. The van der Waals surface area contributed by atoms with E-state index in [9.17, 15) is 19.1 Å². The lowest BCUT2D eigenvalue weighted by atomic mass is 10.0. The van der Waals surface area contributed by atoms with E-state index in [1.165, 1.54) is 12.1 Å². The number of rotatable bonds is 5. The molecule has 108 valence electrons. The maximum atomic E-state index is 12.2. The van der Waals surface area contributed by atoms with Crippen molar-refractivity contribution in [2.45, 2.75) is 0 Å². The molecule has 0 bridgehead atoms. The highest BCUT2D eigenvalue weighted by Gasteiger charge is 2.18. The van der Waals surface area contributed by atoms with Gasteiger partial charge >= 0.3 is 0 Å². The second kappa shape index (κ2) is 6.25. The minimum absolute atomic E-state index is 0.180. The minimum Gasteiger partial charge on any atom is -0.289 e. The molecule has 8 heteroatoms. The summed E-state index contributed by atoms with van der Waals surface area (Å²) in [7, 11) is 0. The fraction of sp³-hybridized carbons (Fsp3) is 0. The van der Waals surface area contributed by atoms with Crippen LogP contribution in [0.15, 0.2) is 48.5 Å². The second-order valence-corrected chi connectivity index (χ2v) is 4.74.